The highest BCUT2D eigenvalue weighted by molar-refractivity contribution is 7.16. The molecular formula is C17H19N7OS. The monoisotopic (exact) mass is 369 g/mol. The number of benzene rings is 1. The number of rotatable bonds is 2. The van der Waals surface area contributed by atoms with Crippen LogP contribution in [0, 0.1) is 0 Å². The molecule has 26 heavy (non-hydrogen) atoms. The number of hydrogen-bond donors (Lipinski definition) is 2. The molecule has 3 N–H and O–H groups in total. The minimum absolute atomic E-state index is 0.0875. The van der Waals surface area contributed by atoms with Crippen molar-refractivity contribution in [1.29, 1.82) is 0 Å². The van der Waals surface area contributed by atoms with E-state index in [-0.39, 0.29) is 18.0 Å². The van der Waals surface area contributed by atoms with Gasteiger partial charge >= 0.3 is 6.03 Å². The van der Waals surface area contributed by atoms with E-state index in [1.165, 1.54) is 11.3 Å². The van der Waals surface area contributed by atoms with E-state index in [4.69, 9.17) is 5.73 Å². The highest BCUT2D eigenvalue weighted by Gasteiger charge is 2.29. The van der Waals surface area contributed by atoms with Gasteiger partial charge in [0.25, 0.3) is 0 Å². The molecule has 134 valence electrons. The molecule has 3 heterocycles. The Labute approximate surface area is 154 Å². The number of nitrogens with one attached hydrogen (secondary N) is 1. The maximum absolute atomic E-state index is 12.5. The van der Waals surface area contributed by atoms with E-state index >= 15 is 0 Å². The molecule has 1 aliphatic rings. The van der Waals surface area contributed by atoms with Crippen LogP contribution < -0.4 is 16.0 Å². The topological polar surface area (TPSA) is 100 Å². The number of para-hydroxylation sites is 1. The largest absolute Gasteiger partial charge is 0.368 e. The summed E-state index contributed by atoms with van der Waals surface area (Å²) in [5.74, 6) is 0.984. The average molecular weight is 369 g/mol. The molecule has 1 aromatic carbocycles. The SMILES string of the molecule is CC1CN(C(=O)Nc2ccccc2)CCN1c1nc(N)nc2scnc12. The first-order chi connectivity index (χ1) is 12.6. The molecule has 8 nitrogen and oxygen atoms in total. The maximum Gasteiger partial charge on any atom is 0.321 e. The lowest BCUT2D eigenvalue weighted by Gasteiger charge is -2.40. The third-order valence-electron chi connectivity index (χ3n) is 4.41. The lowest BCUT2D eigenvalue weighted by Crippen LogP contribution is -2.55. The molecule has 1 saturated heterocycles. The first-order valence-corrected chi connectivity index (χ1v) is 9.24. The molecular weight excluding hydrogens is 350 g/mol. The summed E-state index contributed by atoms with van der Waals surface area (Å²) in [6.07, 6.45) is 0. The summed E-state index contributed by atoms with van der Waals surface area (Å²) >= 11 is 1.44. The second kappa shape index (κ2) is 6.75. The van der Waals surface area contributed by atoms with E-state index in [2.05, 4.69) is 32.1 Å². The fourth-order valence-corrected chi connectivity index (χ4v) is 3.80. The van der Waals surface area contributed by atoms with Gasteiger partial charge in [0.05, 0.1) is 5.51 Å². The summed E-state index contributed by atoms with van der Waals surface area (Å²) in [7, 11) is 0. The van der Waals surface area contributed by atoms with Crippen LogP contribution in [0.3, 0.4) is 0 Å². The van der Waals surface area contributed by atoms with Crippen molar-refractivity contribution in [3.63, 3.8) is 0 Å². The second-order valence-electron chi connectivity index (χ2n) is 6.20. The third kappa shape index (κ3) is 3.13. The van der Waals surface area contributed by atoms with Crippen LogP contribution in [0.1, 0.15) is 6.92 Å². The van der Waals surface area contributed by atoms with Crippen molar-refractivity contribution < 1.29 is 4.79 Å². The van der Waals surface area contributed by atoms with E-state index in [9.17, 15) is 4.79 Å². The molecule has 4 rings (SSSR count). The van der Waals surface area contributed by atoms with Crippen molar-refractivity contribution in [2.24, 2.45) is 0 Å². The van der Waals surface area contributed by atoms with Crippen LogP contribution in [-0.2, 0) is 0 Å². The normalized spacial score (nSPS) is 17.5. The van der Waals surface area contributed by atoms with Crippen LogP contribution in [0.25, 0.3) is 10.3 Å². The molecule has 2 aromatic heterocycles. The summed E-state index contributed by atoms with van der Waals surface area (Å²) < 4.78 is 0. The van der Waals surface area contributed by atoms with Crippen molar-refractivity contribution in [2.75, 3.05) is 35.6 Å². The van der Waals surface area contributed by atoms with Crippen LogP contribution >= 0.6 is 11.3 Å². The fourth-order valence-electron chi connectivity index (χ4n) is 3.14. The number of anilines is 3. The van der Waals surface area contributed by atoms with Gasteiger partial charge in [-0.05, 0) is 19.1 Å². The Kier molecular flexibility index (Phi) is 4.29. The molecule has 1 unspecified atom stereocenters. The molecule has 2 amide bonds. The van der Waals surface area contributed by atoms with Crippen LogP contribution in [0.15, 0.2) is 35.8 Å². The van der Waals surface area contributed by atoms with Crippen LogP contribution in [0.5, 0.6) is 0 Å². The van der Waals surface area contributed by atoms with E-state index in [0.29, 0.717) is 19.6 Å². The van der Waals surface area contributed by atoms with Gasteiger partial charge in [-0.3, -0.25) is 0 Å². The number of nitrogens with zero attached hydrogens (tertiary/aromatic N) is 5. The van der Waals surface area contributed by atoms with E-state index in [1.54, 1.807) is 5.51 Å². The number of nitrogens with two attached hydrogens (primary N) is 1. The number of piperazine rings is 1. The Balaban J connectivity index is 1.50. The Morgan fingerprint density at radius 1 is 1.27 bits per heavy atom. The summed E-state index contributed by atoms with van der Waals surface area (Å²) in [4.78, 5) is 30.3. The molecule has 1 fully saturated rings. The molecule has 9 heteroatoms. The van der Waals surface area contributed by atoms with Gasteiger partial charge in [0.2, 0.25) is 5.95 Å². The Hall–Kier alpha value is -2.94. The van der Waals surface area contributed by atoms with Gasteiger partial charge in [0, 0.05) is 31.4 Å². The van der Waals surface area contributed by atoms with Gasteiger partial charge in [0.1, 0.15) is 5.52 Å². The quantitative estimate of drug-likeness (QED) is 0.719. The zero-order valence-electron chi connectivity index (χ0n) is 14.3. The third-order valence-corrected chi connectivity index (χ3v) is 5.13. The summed E-state index contributed by atoms with van der Waals surface area (Å²) in [6.45, 7) is 3.91. The van der Waals surface area contributed by atoms with Crippen molar-refractivity contribution in [3.8, 4) is 0 Å². The van der Waals surface area contributed by atoms with Crippen molar-refractivity contribution >= 4 is 45.2 Å². The zero-order valence-corrected chi connectivity index (χ0v) is 15.1. The summed E-state index contributed by atoms with van der Waals surface area (Å²) in [6, 6.07) is 9.46. The van der Waals surface area contributed by atoms with Gasteiger partial charge < -0.3 is 20.9 Å². The average Bonchev–Trinajstić information content (AvgIpc) is 3.10. The van der Waals surface area contributed by atoms with Crippen molar-refractivity contribution in [3.05, 3.63) is 35.8 Å². The standard InChI is InChI=1S/C17H19N7OS/c1-11-9-23(17(25)20-12-5-3-2-4-6-12)7-8-24(11)14-13-15(26-10-19-13)22-16(18)21-14/h2-6,10-11H,7-9H2,1H3,(H,20,25)(H2,18,21,22). The van der Waals surface area contributed by atoms with Gasteiger partial charge in [-0.2, -0.15) is 4.98 Å². The number of hydrogen-bond acceptors (Lipinski definition) is 7. The number of aromatic nitrogens is 3. The molecule has 0 bridgehead atoms. The number of fused-ring (bicyclic) bond motifs is 1. The van der Waals surface area contributed by atoms with Gasteiger partial charge in [-0.25, -0.2) is 14.8 Å². The highest BCUT2D eigenvalue weighted by atomic mass is 32.1. The molecule has 1 atom stereocenters. The lowest BCUT2D eigenvalue weighted by atomic mass is 10.2. The van der Waals surface area contributed by atoms with E-state index in [1.807, 2.05) is 35.2 Å². The summed E-state index contributed by atoms with van der Waals surface area (Å²) in [5.41, 5.74) is 9.15. The number of urea groups is 1. The van der Waals surface area contributed by atoms with Crippen molar-refractivity contribution in [1.82, 2.24) is 19.9 Å². The van der Waals surface area contributed by atoms with Crippen LogP contribution in [0.4, 0.5) is 22.2 Å². The minimum Gasteiger partial charge on any atom is -0.368 e. The maximum atomic E-state index is 12.5. The highest BCUT2D eigenvalue weighted by Crippen LogP contribution is 2.28. The smallest absolute Gasteiger partial charge is 0.321 e. The Bertz CT molecular complexity index is 929. The number of amides is 2. The predicted molar refractivity (Wildman–Crippen MR) is 103 cm³/mol. The first-order valence-electron chi connectivity index (χ1n) is 8.36. The molecule has 0 spiro atoms. The van der Waals surface area contributed by atoms with Crippen molar-refractivity contribution in [2.45, 2.75) is 13.0 Å². The van der Waals surface area contributed by atoms with Gasteiger partial charge in [-0.1, -0.05) is 18.2 Å². The molecule has 0 radical (unpaired) electrons. The number of carbonyl (C=O) groups is 1. The molecule has 1 aliphatic heterocycles. The van der Waals surface area contributed by atoms with E-state index < -0.39 is 0 Å². The number of carbonyl (C=O) groups excluding carboxylic acids is 1. The van der Waals surface area contributed by atoms with Gasteiger partial charge in [-0.15, -0.1) is 11.3 Å². The second-order valence-corrected chi connectivity index (χ2v) is 7.03. The zero-order chi connectivity index (χ0) is 18.1. The van der Waals surface area contributed by atoms with E-state index in [0.717, 1.165) is 21.9 Å². The minimum atomic E-state index is -0.0938. The van der Waals surface area contributed by atoms with Crippen LogP contribution in [-0.4, -0.2) is 51.6 Å². The molecule has 3 aromatic rings. The summed E-state index contributed by atoms with van der Waals surface area (Å²) in [5, 5.41) is 2.93. The molecule has 0 saturated carbocycles. The number of nitrogen functional groups attached to an aromatic ring is 1. The lowest BCUT2D eigenvalue weighted by molar-refractivity contribution is 0.200. The Morgan fingerprint density at radius 3 is 2.85 bits per heavy atom. The predicted octanol–water partition coefficient (Wildman–Crippen LogP) is 2.41. The first kappa shape index (κ1) is 16.5. The van der Waals surface area contributed by atoms with Gasteiger partial charge in [0.15, 0.2) is 10.6 Å². The fraction of sp³-hybridized carbons (Fsp3) is 0.294. The number of thiazole rings is 1. The van der Waals surface area contributed by atoms with Crippen LogP contribution in [0.2, 0.25) is 0 Å². The Morgan fingerprint density at radius 2 is 2.08 bits per heavy atom. The molecule has 0 aliphatic carbocycles.